The van der Waals surface area contributed by atoms with Crippen LogP contribution in [0.15, 0.2) is 30.4 Å². The smallest absolute Gasteiger partial charge is 0.249 e. The molecule has 2 amide bonds. The number of aromatic amines is 1. The first-order valence-corrected chi connectivity index (χ1v) is 7.91. The van der Waals surface area contributed by atoms with Gasteiger partial charge in [-0.2, -0.15) is 0 Å². The van der Waals surface area contributed by atoms with Crippen LogP contribution < -0.4 is 11.1 Å². The molecule has 0 aliphatic carbocycles. The van der Waals surface area contributed by atoms with Crippen LogP contribution >= 0.6 is 11.6 Å². The fourth-order valence-corrected chi connectivity index (χ4v) is 2.80. The minimum atomic E-state index is -0.614. The number of hydrogen-bond donors (Lipinski definition) is 3. The van der Waals surface area contributed by atoms with E-state index in [0.717, 1.165) is 0 Å². The van der Waals surface area contributed by atoms with Gasteiger partial charge in [0.25, 0.3) is 0 Å². The van der Waals surface area contributed by atoms with E-state index in [-0.39, 0.29) is 16.6 Å². The lowest BCUT2D eigenvalue weighted by Gasteiger charge is -2.13. The summed E-state index contributed by atoms with van der Waals surface area (Å²) in [6, 6.07) is 4.94. The number of H-pyrrole nitrogens is 1. The van der Waals surface area contributed by atoms with Gasteiger partial charge in [0, 0.05) is 18.4 Å². The van der Waals surface area contributed by atoms with E-state index in [1.807, 2.05) is 18.6 Å². The highest BCUT2D eigenvalue weighted by molar-refractivity contribution is 6.32. The molecule has 1 aliphatic rings. The zero-order valence-corrected chi connectivity index (χ0v) is 13.6. The van der Waals surface area contributed by atoms with E-state index < -0.39 is 5.91 Å². The molecule has 2 aromatic rings. The highest BCUT2D eigenvalue weighted by Crippen LogP contribution is 2.35. The lowest BCUT2D eigenvalue weighted by atomic mass is 10.0. The van der Waals surface area contributed by atoms with Gasteiger partial charge in [0.05, 0.1) is 11.3 Å². The molecule has 24 heavy (non-hydrogen) atoms. The zero-order valence-electron chi connectivity index (χ0n) is 12.8. The molecule has 1 aromatic heterocycles. The van der Waals surface area contributed by atoms with Crippen LogP contribution in [0.3, 0.4) is 0 Å². The largest absolute Gasteiger partial charge is 0.366 e. The van der Waals surface area contributed by atoms with Crippen molar-refractivity contribution in [3.8, 4) is 11.3 Å². The number of nitrogens with two attached hydrogens (primary N) is 1. The molecule has 0 spiro atoms. The Morgan fingerprint density at radius 2 is 2.12 bits per heavy atom. The van der Waals surface area contributed by atoms with Crippen LogP contribution in [-0.4, -0.2) is 21.8 Å². The summed E-state index contributed by atoms with van der Waals surface area (Å²) in [7, 11) is 0. The molecule has 0 unspecified atom stereocenters. The molecule has 4 N–H and O–H groups in total. The molecule has 1 radical (unpaired) electrons. The van der Waals surface area contributed by atoms with Crippen LogP contribution in [0.2, 0.25) is 5.15 Å². The van der Waals surface area contributed by atoms with Crippen molar-refractivity contribution in [2.45, 2.75) is 19.3 Å². The number of hydrogen-bond acceptors (Lipinski definition) is 3. The van der Waals surface area contributed by atoms with Crippen LogP contribution in [0.4, 0.5) is 5.69 Å². The number of carbonyl (C=O) groups is 2. The van der Waals surface area contributed by atoms with E-state index in [9.17, 15) is 9.59 Å². The van der Waals surface area contributed by atoms with Crippen LogP contribution in [0, 0.1) is 6.42 Å². The average molecular weight is 344 g/mol. The number of carbonyl (C=O) groups excluding carboxylic acids is 2. The first kappa shape index (κ1) is 16.3. The maximum Gasteiger partial charge on any atom is 0.249 e. The number of fused-ring (bicyclic) bond motifs is 4. The molecule has 3 rings (SSSR count). The molecule has 6 nitrogen and oxygen atoms in total. The van der Waals surface area contributed by atoms with Crippen molar-refractivity contribution in [3.05, 3.63) is 53.3 Å². The average Bonchev–Trinajstić information content (AvgIpc) is 2.90. The molecular formula is C17H16ClN4O2. The highest BCUT2D eigenvalue weighted by Gasteiger charge is 2.21. The van der Waals surface area contributed by atoms with Crippen molar-refractivity contribution in [2.75, 3.05) is 5.32 Å². The molecule has 1 aromatic carbocycles. The summed E-state index contributed by atoms with van der Waals surface area (Å²) in [5.41, 5.74) is 7.00. The number of rotatable bonds is 1. The molecule has 0 saturated heterocycles. The van der Waals surface area contributed by atoms with Crippen molar-refractivity contribution < 1.29 is 9.59 Å². The third kappa shape index (κ3) is 3.33. The van der Waals surface area contributed by atoms with Crippen LogP contribution in [-0.2, 0) is 4.79 Å². The Hall–Kier alpha value is -2.60. The Labute approximate surface area is 144 Å². The first-order valence-electron chi connectivity index (χ1n) is 7.53. The number of aromatic nitrogens is 2. The van der Waals surface area contributed by atoms with E-state index in [2.05, 4.69) is 15.3 Å². The number of primary amides is 1. The maximum atomic E-state index is 12.1. The fourth-order valence-electron chi connectivity index (χ4n) is 2.57. The van der Waals surface area contributed by atoms with Crippen molar-refractivity contribution in [1.82, 2.24) is 9.97 Å². The van der Waals surface area contributed by atoms with Gasteiger partial charge in [-0.1, -0.05) is 29.8 Å². The monoisotopic (exact) mass is 343 g/mol. The molecule has 0 fully saturated rings. The van der Waals surface area contributed by atoms with Gasteiger partial charge >= 0.3 is 0 Å². The molecule has 0 atom stereocenters. The number of benzene rings is 1. The van der Waals surface area contributed by atoms with Crippen LogP contribution in [0.25, 0.3) is 11.3 Å². The fraction of sp³-hybridized carbons (Fsp3) is 0.176. The first-order chi connectivity index (χ1) is 11.6. The Bertz CT molecular complexity index is 826. The number of amides is 2. The molecular weight excluding hydrogens is 328 g/mol. The number of nitrogens with one attached hydrogen (secondary N) is 2. The minimum Gasteiger partial charge on any atom is -0.366 e. The Balaban J connectivity index is 2.18. The third-order valence-electron chi connectivity index (χ3n) is 3.67. The SMILES string of the molecule is NC(=O)c1cccc2c1-c1nc([nH]c1Cl)[CH]C/C=C/CCC(=O)N2. The topological polar surface area (TPSA) is 101 Å². The Morgan fingerprint density at radius 3 is 2.92 bits per heavy atom. The second-order valence-electron chi connectivity index (χ2n) is 5.38. The second-order valence-corrected chi connectivity index (χ2v) is 5.75. The highest BCUT2D eigenvalue weighted by atomic mass is 35.5. The third-order valence-corrected chi connectivity index (χ3v) is 3.94. The van der Waals surface area contributed by atoms with E-state index in [0.29, 0.717) is 42.0 Å². The lowest BCUT2D eigenvalue weighted by molar-refractivity contribution is -0.116. The second kappa shape index (κ2) is 6.88. The lowest BCUT2D eigenvalue weighted by Crippen LogP contribution is -2.16. The van der Waals surface area contributed by atoms with Gasteiger partial charge in [-0.25, -0.2) is 4.98 Å². The van der Waals surface area contributed by atoms with Crippen molar-refractivity contribution >= 4 is 29.1 Å². The molecule has 2 bridgehead atoms. The minimum absolute atomic E-state index is 0.155. The normalized spacial score (nSPS) is 16.1. The molecule has 1 aliphatic heterocycles. The van der Waals surface area contributed by atoms with Gasteiger partial charge < -0.3 is 16.0 Å². The summed E-state index contributed by atoms with van der Waals surface area (Å²) in [5, 5.41) is 3.10. The van der Waals surface area contributed by atoms with Crippen molar-refractivity contribution in [1.29, 1.82) is 0 Å². The summed E-state index contributed by atoms with van der Waals surface area (Å²) in [6.07, 6.45) is 7.42. The summed E-state index contributed by atoms with van der Waals surface area (Å²) < 4.78 is 0. The van der Waals surface area contributed by atoms with Gasteiger partial charge in [0.15, 0.2) is 0 Å². The Kier molecular flexibility index (Phi) is 4.66. The summed E-state index contributed by atoms with van der Waals surface area (Å²) in [6.45, 7) is 0. The standard InChI is InChI=1S/C17H16ClN4O2/c18-16-15-14-10(17(19)24)6-5-7-11(14)20-13(23)9-4-2-1-3-8-12(21-15)22-16/h1-2,5-8H,3-4,9H2,(H2,19,24)(H,20,23)(H,21,22)/b2-1+. The predicted octanol–water partition coefficient (Wildman–Crippen LogP) is 3.06. The number of imidazole rings is 1. The molecule has 2 heterocycles. The molecule has 7 heteroatoms. The summed E-state index contributed by atoms with van der Waals surface area (Å²) in [5.74, 6) is -0.176. The van der Waals surface area contributed by atoms with Gasteiger partial charge in [-0.05, 0) is 25.0 Å². The van der Waals surface area contributed by atoms with Gasteiger partial charge in [0.1, 0.15) is 16.7 Å². The van der Waals surface area contributed by atoms with E-state index in [1.165, 1.54) is 0 Å². The van der Waals surface area contributed by atoms with Gasteiger partial charge in [0.2, 0.25) is 11.8 Å². The number of nitrogens with zero attached hydrogens (tertiary/aromatic N) is 1. The molecule has 0 saturated carbocycles. The van der Waals surface area contributed by atoms with E-state index in [1.54, 1.807) is 18.2 Å². The zero-order chi connectivity index (χ0) is 17.1. The van der Waals surface area contributed by atoms with Crippen molar-refractivity contribution in [3.63, 3.8) is 0 Å². The van der Waals surface area contributed by atoms with Gasteiger partial charge in [-0.15, -0.1) is 0 Å². The van der Waals surface area contributed by atoms with E-state index >= 15 is 0 Å². The maximum absolute atomic E-state index is 12.1. The molecule has 123 valence electrons. The summed E-state index contributed by atoms with van der Waals surface area (Å²) in [4.78, 5) is 31.4. The van der Waals surface area contributed by atoms with Crippen molar-refractivity contribution in [2.24, 2.45) is 5.73 Å². The number of halogens is 1. The van der Waals surface area contributed by atoms with Gasteiger partial charge in [-0.3, -0.25) is 9.59 Å². The number of allylic oxidation sites excluding steroid dienone is 2. The van der Waals surface area contributed by atoms with E-state index in [4.69, 9.17) is 17.3 Å². The quantitative estimate of drug-likeness (QED) is 0.693. The predicted molar refractivity (Wildman–Crippen MR) is 92.6 cm³/mol. The number of anilines is 1. The van der Waals surface area contributed by atoms with Crippen LogP contribution in [0.5, 0.6) is 0 Å². The van der Waals surface area contributed by atoms with Crippen LogP contribution in [0.1, 0.15) is 35.4 Å². The Morgan fingerprint density at radius 1 is 1.29 bits per heavy atom. The summed E-state index contributed by atoms with van der Waals surface area (Å²) >= 11 is 6.27.